The van der Waals surface area contributed by atoms with Gasteiger partial charge in [0.1, 0.15) is 0 Å². The average Bonchev–Trinajstić information content (AvgIpc) is 2.41. The number of amides is 2. The lowest BCUT2D eigenvalue weighted by Crippen LogP contribution is -2.46. The first kappa shape index (κ1) is 17.3. The van der Waals surface area contributed by atoms with E-state index in [2.05, 4.69) is 4.74 Å². The summed E-state index contributed by atoms with van der Waals surface area (Å²) < 4.78 is 41.8. The monoisotopic (exact) mass is 309 g/mol. The van der Waals surface area contributed by atoms with Crippen LogP contribution in [0.1, 0.15) is 19.3 Å². The number of hydrogen-bond acceptors (Lipinski definition) is 4. The van der Waals surface area contributed by atoms with Crippen LogP contribution in [-0.4, -0.2) is 48.8 Å². The van der Waals surface area contributed by atoms with E-state index in [1.807, 2.05) is 0 Å². The maximum Gasteiger partial charge on any atom is 0.412 e. The summed E-state index contributed by atoms with van der Waals surface area (Å²) in [6, 6.07) is -0.831. The Morgan fingerprint density at radius 2 is 2.10 bits per heavy atom. The highest BCUT2D eigenvalue weighted by Crippen LogP contribution is 2.30. The average molecular weight is 309 g/mol. The van der Waals surface area contributed by atoms with Crippen LogP contribution in [0.15, 0.2) is 11.6 Å². The molecule has 1 unspecified atom stereocenters. The number of carbonyl (C=O) groups excluding carboxylic acids is 2. The van der Waals surface area contributed by atoms with Gasteiger partial charge in [-0.3, -0.25) is 4.79 Å². The minimum atomic E-state index is -4.34. The molecule has 0 aromatic carbocycles. The SMILES string of the molecule is NC(=O)OCCCC(N)C(=O)N1CC=C(C(F)(F)F)CC1. The third-order valence-electron chi connectivity index (χ3n) is 3.11. The maximum absolute atomic E-state index is 12.5. The standard InChI is InChI=1S/C12H18F3N3O3/c13-12(14,15)8-3-5-18(6-4-8)10(19)9(16)2-1-7-21-11(17)20/h3,9H,1-2,4-7,16H2,(H2,17,20). The lowest BCUT2D eigenvalue weighted by Gasteiger charge is -2.29. The van der Waals surface area contributed by atoms with Gasteiger partial charge in [0.15, 0.2) is 0 Å². The third kappa shape index (κ3) is 5.62. The van der Waals surface area contributed by atoms with Crippen molar-refractivity contribution >= 4 is 12.0 Å². The van der Waals surface area contributed by atoms with Crippen LogP contribution >= 0.6 is 0 Å². The van der Waals surface area contributed by atoms with E-state index >= 15 is 0 Å². The van der Waals surface area contributed by atoms with Crippen LogP contribution in [0.25, 0.3) is 0 Å². The Balaban J connectivity index is 2.39. The van der Waals surface area contributed by atoms with Crippen molar-refractivity contribution in [3.8, 4) is 0 Å². The van der Waals surface area contributed by atoms with Gasteiger partial charge in [0, 0.05) is 18.7 Å². The lowest BCUT2D eigenvalue weighted by atomic mass is 10.1. The van der Waals surface area contributed by atoms with Crippen LogP contribution in [-0.2, 0) is 9.53 Å². The second kappa shape index (κ2) is 7.30. The first-order chi connectivity index (χ1) is 9.71. The van der Waals surface area contributed by atoms with Crippen molar-refractivity contribution in [3.05, 3.63) is 11.6 Å². The molecule has 2 amide bonds. The summed E-state index contributed by atoms with van der Waals surface area (Å²) in [4.78, 5) is 23.6. The van der Waals surface area contributed by atoms with Crippen LogP contribution in [0.2, 0.25) is 0 Å². The van der Waals surface area contributed by atoms with Crippen LogP contribution in [0, 0.1) is 0 Å². The fourth-order valence-corrected chi connectivity index (χ4v) is 1.96. The predicted octanol–water partition coefficient (Wildman–Crippen LogP) is 0.910. The lowest BCUT2D eigenvalue weighted by molar-refractivity contribution is -0.133. The highest BCUT2D eigenvalue weighted by atomic mass is 19.4. The molecule has 6 nitrogen and oxygen atoms in total. The number of ether oxygens (including phenoxy) is 1. The minimum Gasteiger partial charge on any atom is -0.450 e. The summed E-state index contributed by atoms with van der Waals surface area (Å²) in [5, 5.41) is 0. The zero-order chi connectivity index (χ0) is 16.0. The number of hydrogen-bond donors (Lipinski definition) is 2. The number of carbonyl (C=O) groups is 2. The second-order valence-corrected chi connectivity index (χ2v) is 4.68. The van der Waals surface area contributed by atoms with Crippen LogP contribution < -0.4 is 11.5 Å². The normalized spacial score (nSPS) is 17.1. The molecular formula is C12H18F3N3O3. The number of primary amides is 1. The number of alkyl halides is 3. The van der Waals surface area contributed by atoms with E-state index in [1.54, 1.807) is 0 Å². The van der Waals surface area contributed by atoms with Crippen molar-refractivity contribution in [1.82, 2.24) is 4.90 Å². The number of nitrogens with zero attached hydrogens (tertiary/aromatic N) is 1. The van der Waals surface area contributed by atoms with E-state index in [0.717, 1.165) is 6.08 Å². The maximum atomic E-state index is 12.5. The largest absolute Gasteiger partial charge is 0.450 e. The van der Waals surface area contributed by atoms with E-state index in [1.165, 1.54) is 4.90 Å². The van der Waals surface area contributed by atoms with Crippen molar-refractivity contribution in [1.29, 1.82) is 0 Å². The van der Waals surface area contributed by atoms with E-state index in [0.29, 0.717) is 6.42 Å². The number of halogens is 3. The van der Waals surface area contributed by atoms with Crippen molar-refractivity contribution in [3.63, 3.8) is 0 Å². The number of rotatable bonds is 5. The molecule has 0 radical (unpaired) electrons. The Kier molecular flexibility index (Phi) is 6.01. The highest BCUT2D eigenvalue weighted by molar-refractivity contribution is 5.82. The molecule has 0 aliphatic carbocycles. The Bertz CT molecular complexity index is 424. The first-order valence-corrected chi connectivity index (χ1v) is 6.44. The Morgan fingerprint density at radius 3 is 2.57 bits per heavy atom. The van der Waals surface area contributed by atoms with Gasteiger partial charge in [-0.05, 0) is 19.3 Å². The summed E-state index contributed by atoms with van der Waals surface area (Å²) in [6.07, 6.45) is -3.86. The topological polar surface area (TPSA) is 98.6 Å². The molecule has 1 atom stereocenters. The molecular weight excluding hydrogens is 291 g/mol. The van der Waals surface area contributed by atoms with Crippen LogP contribution in [0.5, 0.6) is 0 Å². The van der Waals surface area contributed by atoms with Gasteiger partial charge in [-0.15, -0.1) is 0 Å². The number of nitrogens with two attached hydrogens (primary N) is 2. The molecule has 0 saturated heterocycles. The summed E-state index contributed by atoms with van der Waals surface area (Å²) in [6.45, 7) is -0.0523. The molecule has 0 aromatic rings. The van der Waals surface area contributed by atoms with E-state index in [4.69, 9.17) is 11.5 Å². The molecule has 4 N–H and O–H groups in total. The fraction of sp³-hybridized carbons (Fsp3) is 0.667. The van der Waals surface area contributed by atoms with Gasteiger partial charge in [-0.25, -0.2) is 4.79 Å². The Morgan fingerprint density at radius 1 is 1.43 bits per heavy atom. The molecule has 1 heterocycles. The van der Waals surface area contributed by atoms with Crippen LogP contribution in [0.3, 0.4) is 0 Å². The molecule has 0 aromatic heterocycles. The second-order valence-electron chi connectivity index (χ2n) is 4.68. The summed E-state index contributed by atoms with van der Waals surface area (Å²) in [7, 11) is 0. The molecule has 0 spiro atoms. The van der Waals surface area contributed by atoms with Crippen LogP contribution in [0.4, 0.5) is 18.0 Å². The molecule has 1 aliphatic heterocycles. The molecule has 1 rings (SSSR count). The van der Waals surface area contributed by atoms with Crippen molar-refractivity contribution in [2.45, 2.75) is 31.5 Å². The van der Waals surface area contributed by atoms with E-state index < -0.39 is 29.8 Å². The van der Waals surface area contributed by atoms with Gasteiger partial charge in [-0.1, -0.05) is 6.08 Å². The van der Waals surface area contributed by atoms with Crippen molar-refractivity contribution < 1.29 is 27.5 Å². The van der Waals surface area contributed by atoms with Gasteiger partial charge < -0.3 is 21.1 Å². The van der Waals surface area contributed by atoms with Gasteiger partial charge in [0.25, 0.3) is 0 Å². The molecule has 0 saturated carbocycles. The fourth-order valence-electron chi connectivity index (χ4n) is 1.96. The van der Waals surface area contributed by atoms with E-state index in [-0.39, 0.29) is 32.5 Å². The smallest absolute Gasteiger partial charge is 0.412 e. The predicted molar refractivity (Wildman–Crippen MR) is 68.1 cm³/mol. The summed E-state index contributed by atoms with van der Waals surface area (Å²) >= 11 is 0. The molecule has 21 heavy (non-hydrogen) atoms. The third-order valence-corrected chi connectivity index (χ3v) is 3.11. The Hall–Kier alpha value is -1.77. The molecule has 120 valence electrons. The molecule has 9 heteroatoms. The highest BCUT2D eigenvalue weighted by Gasteiger charge is 2.35. The zero-order valence-corrected chi connectivity index (χ0v) is 11.4. The molecule has 0 bridgehead atoms. The van der Waals surface area contributed by atoms with Gasteiger partial charge in [0.2, 0.25) is 5.91 Å². The Labute approximate surface area is 119 Å². The van der Waals surface area contributed by atoms with Gasteiger partial charge >= 0.3 is 12.3 Å². The van der Waals surface area contributed by atoms with Gasteiger partial charge in [0.05, 0.1) is 12.6 Å². The van der Waals surface area contributed by atoms with E-state index in [9.17, 15) is 22.8 Å². The minimum absolute atomic E-state index is 0.00430. The molecule has 0 fully saturated rings. The van der Waals surface area contributed by atoms with Crippen molar-refractivity contribution in [2.75, 3.05) is 19.7 Å². The zero-order valence-electron chi connectivity index (χ0n) is 11.4. The molecule has 1 aliphatic rings. The van der Waals surface area contributed by atoms with Gasteiger partial charge in [-0.2, -0.15) is 13.2 Å². The quantitative estimate of drug-likeness (QED) is 0.582. The first-order valence-electron chi connectivity index (χ1n) is 6.44. The summed E-state index contributed by atoms with van der Waals surface area (Å²) in [5.41, 5.74) is 9.83. The van der Waals surface area contributed by atoms with Crippen molar-refractivity contribution in [2.24, 2.45) is 11.5 Å². The summed E-state index contributed by atoms with van der Waals surface area (Å²) in [5.74, 6) is -0.411.